The normalized spacial score (nSPS) is 10.3. The molecule has 0 fully saturated rings. The van der Waals surface area contributed by atoms with Gasteiger partial charge in [0.2, 0.25) is 0 Å². The highest BCUT2D eigenvalue weighted by molar-refractivity contribution is 9.10. The van der Waals surface area contributed by atoms with E-state index in [0.717, 1.165) is 15.7 Å². The summed E-state index contributed by atoms with van der Waals surface area (Å²) in [5, 5.41) is 0. The average Bonchev–Trinajstić information content (AvgIpc) is 2.42. The number of hydrogen-bond donors (Lipinski definition) is 0. The van der Waals surface area contributed by atoms with Crippen LogP contribution in [0.25, 0.3) is 0 Å². The molecular formula is C15H15BrN2O. The number of benzene rings is 1. The second-order valence-electron chi connectivity index (χ2n) is 4.42. The van der Waals surface area contributed by atoms with Crippen molar-refractivity contribution in [1.82, 2.24) is 9.88 Å². The molecule has 0 saturated carbocycles. The van der Waals surface area contributed by atoms with Crippen molar-refractivity contribution in [3.05, 3.63) is 63.9 Å². The molecule has 0 N–H and O–H groups in total. The first-order chi connectivity index (χ1) is 9.09. The maximum absolute atomic E-state index is 12.4. The maximum Gasteiger partial charge on any atom is 0.255 e. The molecule has 1 amide bonds. The van der Waals surface area contributed by atoms with Crippen LogP contribution in [0.15, 0.2) is 47.1 Å². The summed E-state index contributed by atoms with van der Waals surface area (Å²) in [5.41, 5.74) is 2.61. The predicted octanol–water partition coefficient (Wildman–Crippen LogP) is 3.42. The molecule has 0 spiro atoms. The topological polar surface area (TPSA) is 33.2 Å². The smallest absolute Gasteiger partial charge is 0.255 e. The molecule has 2 aromatic rings. The number of aromatic nitrogens is 1. The minimum absolute atomic E-state index is 0.0128. The van der Waals surface area contributed by atoms with Gasteiger partial charge in [0.1, 0.15) is 0 Å². The lowest BCUT2D eigenvalue weighted by Crippen LogP contribution is -2.27. The fourth-order valence-corrected chi connectivity index (χ4v) is 2.26. The lowest BCUT2D eigenvalue weighted by molar-refractivity contribution is 0.0782. The quantitative estimate of drug-likeness (QED) is 0.868. The number of carbonyl (C=O) groups is 1. The van der Waals surface area contributed by atoms with E-state index in [4.69, 9.17) is 0 Å². The van der Waals surface area contributed by atoms with Gasteiger partial charge in [-0.2, -0.15) is 0 Å². The van der Waals surface area contributed by atoms with Crippen LogP contribution in [-0.4, -0.2) is 22.8 Å². The van der Waals surface area contributed by atoms with Crippen molar-refractivity contribution in [2.24, 2.45) is 0 Å². The molecule has 1 aromatic heterocycles. The van der Waals surface area contributed by atoms with Gasteiger partial charge in [0.05, 0.1) is 17.8 Å². The Bertz CT molecular complexity index is 584. The number of nitrogens with zero attached hydrogens (tertiary/aromatic N) is 2. The predicted molar refractivity (Wildman–Crippen MR) is 78.9 cm³/mol. The zero-order valence-corrected chi connectivity index (χ0v) is 12.5. The first-order valence-electron chi connectivity index (χ1n) is 6.00. The fourth-order valence-electron chi connectivity index (χ4n) is 1.82. The molecule has 1 aromatic carbocycles. The van der Waals surface area contributed by atoms with Gasteiger partial charge < -0.3 is 4.90 Å². The third kappa shape index (κ3) is 3.20. The standard InChI is InChI=1S/C15H15BrN2O/c1-11-6-5-8-13(14(11)16)15(19)18(2)10-12-7-3-4-9-17-12/h3-9H,10H2,1-2H3. The zero-order chi connectivity index (χ0) is 13.8. The molecule has 0 saturated heterocycles. The molecule has 19 heavy (non-hydrogen) atoms. The zero-order valence-electron chi connectivity index (χ0n) is 10.9. The lowest BCUT2D eigenvalue weighted by atomic mass is 10.1. The monoisotopic (exact) mass is 318 g/mol. The van der Waals surface area contributed by atoms with Crippen LogP contribution >= 0.6 is 15.9 Å². The van der Waals surface area contributed by atoms with E-state index in [9.17, 15) is 4.79 Å². The van der Waals surface area contributed by atoms with E-state index < -0.39 is 0 Å². The van der Waals surface area contributed by atoms with Crippen LogP contribution in [0.1, 0.15) is 21.6 Å². The van der Waals surface area contributed by atoms with Crippen LogP contribution in [0.5, 0.6) is 0 Å². The first-order valence-corrected chi connectivity index (χ1v) is 6.79. The number of hydrogen-bond acceptors (Lipinski definition) is 2. The van der Waals surface area contributed by atoms with Gasteiger partial charge in [-0.05, 0) is 46.6 Å². The molecule has 0 atom stereocenters. The molecular weight excluding hydrogens is 304 g/mol. The number of pyridine rings is 1. The molecule has 1 heterocycles. The summed E-state index contributed by atoms with van der Waals surface area (Å²) in [6.45, 7) is 2.47. The summed E-state index contributed by atoms with van der Waals surface area (Å²) in [6.07, 6.45) is 1.73. The van der Waals surface area contributed by atoms with Crippen molar-refractivity contribution in [2.45, 2.75) is 13.5 Å². The highest BCUT2D eigenvalue weighted by Gasteiger charge is 2.16. The minimum atomic E-state index is -0.0128. The van der Waals surface area contributed by atoms with Crippen molar-refractivity contribution in [1.29, 1.82) is 0 Å². The van der Waals surface area contributed by atoms with E-state index in [1.54, 1.807) is 18.1 Å². The average molecular weight is 319 g/mol. The third-order valence-electron chi connectivity index (χ3n) is 2.89. The van der Waals surface area contributed by atoms with Gasteiger partial charge >= 0.3 is 0 Å². The van der Waals surface area contributed by atoms with Crippen molar-refractivity contribution >= 4 is 21.8 Å². The summed E-state index contributed by atoms with van der Waals surface area (Å²) in [6, 6.07) is 11.4. The molecule has 98 valence electrons. The highest BCUT2D eigenvalue weighted by Crippen LogP contribution is 2.22. The fraction of sp³-hybridized carbons (Fsp3) is 0.200. The van der Waals surface area contributed by atoms with Crippen LogP contribution < -0.4 is 0 Å². The first kappa shape index (κ1) is 13.7. The van der Waals surface area contributed by atoms with E-state index in [0.29, 0.717) is 12.1 Å². The summed E-state index contributed by atoms with van der Waals surface area (Å²) in [7, 11) is 1.78. The van der Waals surface area contributed by atoms with Crippen LogP contribution in [0.3, 0.4) is 0 Å². The van der Waals surface area contributed by atoms with E-state index >= 15 is 0 Å². The maximum atomic E-state index is 12.4. The summed E-state index contributed by atoms with van der Waals surface area (Å²) < 4.78 is 0.855. The number of halogens is 1. The molecule has 2 rings (SSSR count). The molecule has 0 aliphatic rings. The summed E-state index contributed by atoms with van der Waals surface area (Å²) >= 11 is 3.47. The van der Waals surface area contributed by atoms with E-state index in [1.165, 1.54) is 0 Å². The summed E-state index contributed by atoms with van der Waals surface area (Å²) in [5.74, 6) is -0.0128. The van der Waals surface area contributed by atoms with E-state index in [2.05, 4.69) is 20.9 Å². The van der Waals surface area contributed by atoms with Gasteiger partial charge in [-0.15, -0.1) is 0 Å². The Kier molecular flexibility index (Phi) is 4.32. The van der Waals surface area contributed by atoms with Gasteiger partial charge in [0.15, 0.2) is 0 Å². The van der Waals surface area contributed by atoms with Crippen molar-refractivity contribution in [3.8, 4) is 0 Å². The molecule has 3 nitrogen and oxygen atoms in total. The Morgan fingerprint density at radius 3 is 2.74 bits per heavy atom. The van der Waals surface area contributed by atoms with Crippen LogP contribution in [0, 0.1) is 6.92 Å². The Hall–Kier alpha value is -1.68. The number of carbonyl (C=O) groups excluding carboxylic acids is 1. The lowest BCUT2D eigenvalue weighted by Gasteiger charge is -2.18. The minimum Gasteiger partial charge on any atom is -0.336 e. The second kappa shape index (κ2) is 5.97. The number of rotatable bonds is 3. The Balaban J connectivity index is 2.18. The number of amides is 1. The highest BCUT2D eigenvalue weighted by atomic mass is 79.9. The van der Waals surface area contributed by atoms with E-state index in [-0.39, 0.29) is 5.91 Å². The van der Waals surface area contributed by atoms with Gasteiger partial charge in [-0.25, -0.2) is 0 Å². The van der Waals surface area contributed by atoms with Crippen molar-refractivity contribution in [2.75, 3.05) is 7.05 Å². The van der Waals surface area contributed by atoms with Crippen LogP contribution in [-0.2, 0) is 6.54 Å². The summed E-state index contributed by atoms with van der Waals surface area (Å²) in [4.78, 5) is 18.3. The second-order valence-corrected chi connectivity index (χ2v) is 5.21. The Labute approximate surface area is 121 Å². The van der Waals surface area contributed by atoms with Gasteiger partial charge in [0, 0.05) is 17.7 Å². The molecule has 0 bridgehead atoms. The van der Waals surface area contributed by atoms with Crippen molar-refractivity contribution in [3.63, 3.8) is 0 Å². The molecule has 0 unspecified atom stereocenters. The van der Waals surface area contributed by atoms with Gasteiger partial charge in [-0.3, -0.25) is 9.78 Å². The van der Waals surface area contributed by atoms with Gasteiger partial charge in [-0.1, -0.05) is 18.2 Å². The molecule has 0 aliphatic carbocycles. The SMILES string of the molecule is Cc1cccc(C(=O)N(C)Cc2ccccn2)c1Br. The molecule has 0 aliphatic heterocycles. The van der Waals surface area contributed by atoms with E-state index in [1.807, 2.05) is 43.3 Å². The Morgan fingerprint density at radius 2 is 2.05 bits per heavy atom. The van der Waals surface area contributed by atoms with Gasteiger partial charge in [0.25, 0.3) is 5.91 Å². The van der Waals surface area contributed by atoms with Crippen LogP contribution in [0.2, 0.25) is 0 Å². The molecule has 4 heteroatoms. The largest absolute Gasteiger partial charge is 0.336 e. The third-order valence-corrected chi connectivity index (χ3v) is 3.95. The Morgan fingerprint density at radius 1 is 1.26 bits per heavy atom. The molecule has 0 radical (unpaired) electrons. The van der Waals surface area contributed by atoms with Crippen LogP contribution in [0.4, 0.5) is 0 Å². The van der Waals surface area contributed by atoms with Crippen molar-refractivity contribution < 1.29 is 4.79 Å². The number of aryl methyl sites for hydroxylation is 1.